The van der Waals surface area contributed by atoms with Gasteiger partial charge in [-0.2, -0.15) is 0 Å². The first-order valence-corrected chi connectivity index (χ1v) is 11.0. The van der Waals surface area contributed by atoms with Crippen molar-refractivity contribution in [2.24, 2.45) is 0 Å². The van der Waals surface area contributed by atoms with E-state index in [-0.39, 0.29) is 15.5 Å². The maximum Gasteiger partial charge on any atom is 0.288 e. The smallest absolute Gasteiger partial charge is 0.288 e. The van der Waals surface area contributed by atoms with E-state index in [1.165, 1.54) is 36.4 Å². The summed E-state index contributed by atoms with van der Waals surface area (Å²) in [6, 6.07) is 14.0. The summed E-state index contributed by atoms with van der Waals surface area (Å²) in [5.74, 6) is -0.608. The quantitative estimate of drug-likeness (QED) is 0.368. The van der Waals surface area contributed by atoms with Crippen molar-refractivity contribution in [1.82, 2.24) is 0 Å². The lowest BCUT2D eigenvalue weighted by atomic mass is 10.2. The number of rotatable bonds is 6. The van der Waals surface area contributed by atoms with Gasteiger partial charge in [0.25, 0.3) is 21.6 Å². The first kappa shape index (κ1) is 22.5. The van der Waals surface area contributed by atoms with Gasteiger partial charge in [-0.15, -0.1) is 0 Å². The first-order valence-electron chi connectivity index (χ1n) is 8.72. The fraction of sp³-hybridized carbons (Fsp3) is 0.0500. The monoisotopic (exact) mass is 479 g/mol. The molecule has 160 valence electrons. The predicted octanol–water partition coefficient (Wildman–Crippen LogP) is 5.26. The molecule has 0 spiro atoms. The van der Waals surface area contributed by atoms with Crippen LogP contribution >= 0.6 is 23.2 Å². The average molecular weight is 480 g/mol. The Labute approximate surface area is 188 Å². The number of hydrogen-bond acceptors (Lipinski definition) is 5. The van der Waals surface area contributed by atoms with Crippen molar-refractivity contribution in [3.05, 3.63) is 92.0 Å². The van der Waals surface area contributed by atoms with Crippen LogP contribution in [0.15, 0.2) is 65.6 Å². The molecule has 1 amide bonds. The number of anilines is 2. The van der Waals surface area contributed by atoms with E-state index in [2.05, 4.69) is 10.0 Å². The van der Waals surface area contributed by atoms with Gasteiger partial charge < -0.3 is 5.32 Å². The van der Waals surface area contributed by atoms with E-state index in [0.717, 1.165) is 6.07 Å². The molecule has 0 aliphatic carbocycles. The summed E-state index contributed by atoms with van der Waals surface area (Å²) in [5, 5.41) is 13.9. The summed E-state index contributed by atoms with van der Waals surface area (Å²) >= 11 is 11.8. The number of amides is 1. The fourth-order valence-corrected chi connectivity index (χ4v) is 4.12. The van der Waals surface area contributed by atoms with Gasteiger partial charge in [0.2, 0.25) is 0 Å². The van der Waals surface area contributed by atoms with E-state index in [1.54, 1.807) is 25.1 Å². The van der Waals surface area contributed by atoms with Crippen molar-refractivity contribution in [1.29, 1.82) is 0 Å². The topological polar surface area (TPSA) is 118 Å². The molecule has 0 saturated heterocycles. The number of nitrogens with zero attached hydrogens (tertiary/aromatic N) is 1. The molecule has 3 aromatic carbocycles. The Kier molecular flexibility index (Phi) is 6.49. The molecule has 31 heavy (non-hydrogen) atoms. The molecule has 8 nitrogen and oxygen atoms in total. The van der Waals surface area contributed by atoms with Gasteiger partial charge in [0.05, 0.1) is 15.5 Å². The minimum absolute atomic E-state index is 0.0213. The average Bonchev–Trinajstić information content (AvgIpc) is 2.71. The molecular weight excluding hydrogens is 465 g/mol. The van der Waals surface area contributed by atoms with Gasteiger partial charge in [0, 0.05) is 22.3 Å². The lowest BCUT2D eigenvalue weighted by Gasteiger charge is -2.12. The van der Waals surface area contributed by atoms with Crippen LogP contribution < -0.4 is 10.0 Å². The summed E-state index contributed by atoms with van der Waals surface area (Å²) in [5.41, 5.74) is 0.896. The molecule has 2 N–H and O–H groups in total. The summed E-state index contributed by atoms with van der Waals surface area (Å²) in [6.07, 6.45) is 0. The molecule has 0 aromatic heterocycles. The maximum atomic E-state index is 12.6. The number of hydrogen-bond donors (Lipinski definition) is 2. The highest BCUT2D eigenvalue weighted by molar-refractivity contribution is 7.92. The van der Waals surface area contributed by atoms with Crippen LogP contribution in [0.1, 0.15) is 15.9 Å². The van der Waals surface area contributed by atoms with Crippen LogP contribution in [0.5, 0.6) is 0 Å². The first-order chi connectivity index (χ1) is 14.6. The number of carbonyl (C=O) groups is 1. The molecule has 0 aliphatic heterocycles. The zero-order valence-corrected chi connectivity index (χ0v) is 18.3. The molecule has 0 unspecified atom stereocenters. The highest BCUT2D eigenvalue weighted by atomic mass is 35.5. The Bertz CT molecular complexity index is 1280. The van der Waals surface area contributed by atoms with E-state index in [4.69, 9.17) is 23.2 Å². The third kappa shape index (κ3) is 5.13. The molecule has 0 atom stereocenters. The van der Waals surface area contributed by atoms with Crippen LogP contribution in [-0.2, 0) is 10.0 Å². The Morgan fingerprint density at radius 3 is 2.32 bits per heavy atom. The minimum atomic E-state index is -3.88. The van der Waals surface area contributed by atoms with Crippen molar-refractivity contribution in [2.45, 2.75) is 11.8 Å². The third-order valence-corrected chi connectivity index (χ3v) is 6.45. The van der Waals surface area contributed by atoms with Gasteiger partial charge in [-0.1, -0.05) is 29.3 Å². The van der Waals surface area contributed by atoms with Gasteiger partial charge in [0.1, 0.15) is 5.02 Å². The Morgan fingerprint density at radius 2 is 1.68 bits per heavy atom. The molecule has 0 fully saturated rings. The minimum Gasteiger partial charge on any atom is -0.322 e. The molecule has 0 aliphatic rings. The van der Waals surface area contributed by atoms with Crippen LogP contribution in [0.4, 0.5) is 17.1 Å². The lowest BCUT2D eigenvalue weighted by Crippen LogP contribution is -2.15. The molecule has 0 saturated carbocycles. The maximum absolute atomic E-state index is 12.6. The third-order valence-electron chi connectivity index (χ3n) is 4.34. The zero-order valence-electron chi connectivity index (χ0n) is 15.9. The number of nitro benzene ring substituents is 1. The SMILES string of the molecule is Cc1c(Cl)cccc1NS(=O)(=O)c1ccc(NC(=O)c2ccc(Cl)c([N+](=O)[O-])c2)cc1. The zero-order chi connectivity index (χ0) is 22.8. The normalized spacial score (nSPS) is 11.1. The highest BCUT2D eigenvalue weighted by Crippen LogP contribution is 2.27. The van der Waals surface area contributed by atoms with Crippen molar-refractivity contribution >= 4 is 56.2 Å². The lowest BCUT2D eigenvalue weighted by molar-refractivity contribution is -0.384. The molecular formula is C20H15Cl2N3O5S. The van der Waals surface area contributed by atoms with Crippen LogP contribution in [0.25, 0.3) is 0 Å². The van der Waals surface area contributed by atoms with Crippen LogP contribution in [-0.4, -0.2) is 19.2 Å². The van der Waals surface area contributed by atoms with Crippen molar-refractivity contribution < 1.29 is 18.1 Å². The fourth-order valence-electron chi connectivity index (χ4n) is 2.64. The Morgan fingerprint density at radius 1 is 1.00 bits per heavy atom. The molecule has 0 bridgehead atoms. The van der Waals surface area contributed by atoms with Gasteiger partial charge >= 0.3 is 0 Å². The number of carbonyl (C=O) groups excluding carboxylic acids is 1. The largest absolute Gasteiger partial charge is 0.322 e. The predicted molar refractivity (Wildman–Crippen MR) is 119 cm³/mol. The number of nitro groups is 1. The molecule has 3 aromatic rings. The van der Waals surface area contributed by atoms with Gasteiger partial charge in [0.15, 0.2) is 0 Å². The molecule has 0 heterocycles. The number of sulfonamides is 1. The van der Waals surface area contributed by atoms with Gasteiger partial charge in [-0.05, 0) is 61.0 Å². The number of benzene rings is 3. The summed E-state index contributed by atoms with van der Waals surface area (Å²) < 4.78 is 27.7. The number of nitrogens with one attached hydrogen (secondary N) is 2. The Hall–Kier alpha value is -3.14. The van der Waals surface area contributed by atoms with E-state index in [9.17, 15) is 23.3 Å². The van der Waals surface area contributed by atoms with Crippen molar-refractivity contribution in [3.63, 3.8) is 0 Å². The Balaban J connectivity index is 1.77. The van der Waals surface area contributed by atoms with Crippen molar-refractivity contribution in [3.8, 4) is 0 Å². The summed E-state index contributed by atoms with van der Waals surface area (Å²) in [7, 11) is -3.88. The standard InChI is InChI=1S/C20H15Cl2N3O5S/c1-12-16(21)3-2-4-18(12)24-31(29,30)15-8-6-14(7-9-15)23-20(26)13-5-10-17(22)19(11-13)25(27)28/h2-11,24H,1H3,(H,23,26). The second-order valence-corrected chi connectivity index (χ2v) is 8.92. The van der Waals surface area contributed by atoms with Gasteiger partial charge in [-0.3, -0.25) is 19.6 Å². The van der Waals surface area contributed by atoms with E-state index in [0.29, 0.717) is 22.0 Å². The van der Waals surface area contributed by atoms with Crippen LogP contribution in [0.3, 0.4) is 0 Å². The van der Waals surface area contributed by atoms with Gasteiger partial charge in [-0.25, -0.2) is 8.42 Å². The molecule has 0 radical (unpaired) electrons. The van der Waals surface area contributed by atoms with E-state index >= 15 is 0 Å². The summed E-state index contributed by atoms with van der Waals surface area (Å²) in [6.45, 7) is 1.69. The van der Waals surface area contributed by atoms with Crippen molar-refractivity contribution in [2.75, 3.05) is 10.0 Å². The second-order valence-electron chi connectivity index (χ2n) is 6.42. The summed E-state index contributed by atoms with van der Waals surface area (Å²) in [4.78, 5) is 22.6. The van der Waals surface area contributed by atoms with E-state index in [1.807, 2.05) is 0 Å². The van der Waals surface area contributed by atoms with Crippen LogP contribution in [0, 0.1) is 17.0 Å². The highest BCUT2D eigenvalue weighted by Gasteiger charge is 2.18. The van der Waals surface area contributed by atoms with E-state index < -0.39 is 26.5 Å². The van der Waals surface area contributed by atoms with Crippen LogP contribution in [0.2, 0.25) is 10.0 Å². The molecule has 11 heteroatoms. The molecule has 3 rings (SSSR count). The second kappa shape index (κ2) is 8.93. The number of halogens is 2.